The van der Waals surface area contributed by atoms with Gasteiger partial charge < -0.3 is 10.4 Å². The van der Waals surface area contributed by atoms with Gasteiger partial charge in [-0.1, -0.05) is 0 Å². The average molecular weight is 182 g/mol. The van der Waals surface area contributed by atoms with Crippen molar-refractivity contribution in [2.75, 3.05) is 13.2 Å². The summed E-state index contributed by atoms with van der Waals surface area (Å²) in [7, 11) is 0. The van der Waals surface area contributed by atoms with Crippen LogP contribution in [0.4, 0.5) is 0 Å². The van der Waals surface area contributed by atoms with Crippen molar-refractivity contribution in [3.8, 4) is 6.07 Å². The van der Waals surface area contributed by atoms with Crippen LogP contribution in [0.1, 0.15) is 32.6 Å². The van der Waals surface area contributed by atoms with Gasteiger partial charge in [0.2, 0.25) is 0 Å². The second-order valence-electron chi connectivity index (χ2n) is 4.13. The summed E-state index contributed by atoms with van der Waals surface area (Å²) in [6, 6.07) is 2.60. The molecule has 1 saturated carbocycles. The highest BCUT2D eigenvalue weighted by atomic mass is 16.3. The molecule has 13 heavy (non-hydrogen) atoms. The van der Waals surface area contributed by atoms with Crippen molar-refractivity contribution in [3.63, 3.8) is 0 Å². The van der Waals surface area contributed by atoms with Gasteiger partial charge in [-0.15, -0.1) is 0 Å². The molecule has 0 saturated heterocycles. The molecule has 1 atom stereocenters. The predicted molar refractivity (Wildman–Crippen MR) is 51.1 cm³/mol. The summed E-state index contributed by atoms with van der Waals surface area (Å²) in [6.07, 6.45) is 3.83. The van der Waals surface area contributed by atoms with Gasteiger partial charge in [0.05, 0.1) is 6.07 Å². The summed E-state index contributed by atoms with van der Waals surface area (Å²) in [5.41, 5.74) is 0.276. The summed E-state index contributed by atoms with van der Waals surface area (Å²) in [5.74, 6) is 0. The summed E-state index contributed by atoms with van der Waals surface area (Å²) in [5, 5.41) is 20.6. The Morgan fingerprint density at radius 1 is 1.62 bits per heavy atom. The van der Waals surface area contributed by atoms with Crippen molar-refractivity contribution in [2.24, 2.45) is 5.41 Å². The van der Waals surface area contributed by atoms with Gasteiger partial charge in [-0.2, -0.15) is 5.26 Å². The molecular weight excluding hydrogens is 164 g/mol. The molecule has 1 fully saturated rings. The van der Waals surface area contributed by atoms with E-state index in [1.165, 1.54) is 12.8 Å². The Hall–Kier alpha value is -0.590. The SMILES string of the molecule is CC(CCO)NCC1(CC#N)CC1. The molecule has 3 nitrogen and oxygen atoms in total. The van der Waals surface area contributed by atoms with Crippen LogP contribution in [0.2, 0.25) is 0 Å². The third kappa shape index (κ3) is 3.33. The Bertz CT molecular complexity index is 194. The zero-order valence-electron chi connectivity index (χ0n) is 8.21. The molecule has 0 aromatic carbocycles. The van der Waals surface area contributed by atoms with E-state index >= 15 is 0 Å². The maximum Gasteiger partial charge on any atom is 0.0628 e. The highest BCUT2D eigenvalue weighted by Crippen LogP contribution is 2.47. The smallest absolute Gasteiger partial charge is 0.0628 e. The quantitative estimate of drug-likeness (QED) is 0.645. The van der Waals surface area contributed by atoms with E-state index in [0.717, 1.165) is 13.0 Å². The van der Waals surface area contributed by atoms with E-state index in [9.17, 15) is 0 Å². The van der Waals surface area contributed by atoms with E-state index in [1.54, 1.807) is 0 Å². The number of aliphatic hydroxyl groups is 1. The van der Waals surface area contributed by atoms with E-state index in [0.29, 0.717) is 12.5 Å². The van der Waals surface area contributed by atoms with Crippen molar-refractivity contribution in [3.05, 3.63) is 0 Å². The minimum Gasteiger partial charge on any atom is -0.396 e. The van der Waals surface area contributed by atoms with Crippen LogP contribution in [0.25, 0.3) is 0 Å². The van der Waals surface area contributed by atoms with Gasteiger partial charge in [-0.25, -0.2) is 0 Å². The summed E-state index contributed by atoms with van der Waals surface area (Å²) < 4.78 is 0. The number of hydrogen-bond acceptors (Lipinski definition) is 3. The van der Waals surface area contributed by atoms with Gasteiger partial charge in [0, 0.05) is 25.6 Å². The maximum absolute atomic E-state index is 8.69. The van der Waals surface area contributed by atoms with Crippen LogP contribution in [0.5, 0.6) is 0 Å². The molecule has 0 heterocycles. The van der Waals surface area contributed by atoms with Gasteiger partial charge in [-0.05, 0) is 31.6 Å². The highest BCUT2D eigenvalue weighted by Gasteiger charge is 2.41. The molecule has 2 N–H and O–H groups in total. The Morgan fingerprint density at radius 2 is 2.31 bits per heavy atom. The molecule has 0 bridgehead atoms. The fraction of sp³-hybridized carbons (Fsp3) is 0.900. The number of hydrogen-bond donors (Lipinski definition) is 2. The highest BCUT2D eigenvalue weighted by molar-refractivity contribution is 5.00. The first-order chi connectivity index (χ1) is 6.22. The van der Waals surface area contributed by atoms with E-state index < -0.39 is 0 Å². The molecule has 74 valence electrons. The molecule has 0 spiro atoms. The topological polar surface area (TPSA) is 56.0 Å². The minimum absolute atomic E-state index is 0.236. The maximum atomic E-state index is 8.69. The lowest BCUT2D eigenvalue weighted by Crippen LogP contribution is -2.32. The number of aliphatic hydroxyl groups excluding tert-OH is 1. The standard InChI is InChI=1S/C10H18N2O/c1-9(2-7-13)12-8-10(3-4-10)5-6-11/h9,12-13H,2-5,7-8H2,1H3. The molecule has 1 aliphatic carbocycles. The summed E-state index contributed by atoms with van der Waals surface area (Å²) in [4.78, 5) is 0. The van der Waals surface area contributed by atoms with Crippen LogP contribution in [0, 0.1) is 16.7 Å². The fourth-order valence-electron chi connectivity index (χ4n) is 1.45. The zero-order chi connectivity index (χ0) is 9.73. The molecule has 0 aromatic rings. The summed E-state index contributed by atoms with van der Waals surface area (Å²) >= 11 is 0. The summed E-state index contributed by atoms with van der Waals surface area (Å²) in [6.45, 7) is 3.24. The van der Waals surface area contributed by atoms with Crippen molar-refractivity contribution >= 4 is 0 Å². The lowest BCUT2D eigenvalue weighted by Gasteiger charge is -2.17. The fourth-order valence-corrected chi connectivity index (χ4v) is 1.45. The molecule has 3 heteroatoms. The van der Waals surface area contributed by atoms with E-state index in [4.69, 9.17) is 10.4 Å². The normalized spacial score (nSPS) is 20.7. The van der Waals surface area contributed by atoms with E-state index in [2.05, 4.69) is 18.3 Å². The van der Waals surface area contributed by atoms with E-state index in [-0.39, 0.29) is 12.0 Å². The molecule has 1 rings (SSSR count). The molecule has 1 unspecified atom stereocenters. The molecule has 0 amide bonds. The second kappa shape index (κ2) is 4.59. The molecule has 0 radical (unpaired) electrons. The third-order valence-electron chi connectivity index (χ3n) is 2.80. The lowest BCUT2D eigenvalue weighted by atomic mass is 10.0. The Balaban J connectivity index is 2.15. The van der Waals surface area contributed by atoms with Gasteiger partial charge in [0.1, 0.15) is 0 Å². The van der Waals surface area contributed by atoms with Crippen LogP contribution in [-0.4, -0.2) is 24.3 Å². The van der Waals surface area contributed by atoms with Crippen molar-refractivity contribution < 1.29 is 5.11 Å². The number of nitriles is 1. The van der Waals surface area contributed by atoms with Crippen LogP contribution in [-0.2, 0) is 0 Å². The van der Waals surface area contributed by atoms with Gasteiger partial charge in [-0.3, -0.25) is 0 Å². The first kappa shape index (κ1) is 10.5. The number of rotatable bonds is 6. The van der Waals surface area contributed by atoms with Crippen molar-refractivity contribution in [1.29, 1.82) is 5.26 Å². The van der Waals surface area contributed by atoms with Gasteiger partial charge in [0.15, 0.2) is 0 Å². The molecular formula is C10H18N2O. The Morgan fingerprint density at radius 3 is 2.77 bits per heavy atom. The van der Waals surface area contributed by atoms with Crippen LogP contribution < -0.4 is 5.32 Å². The minimum atomic E-state index is 0.236. The van der Waals surface area contributed by atoms with E-state index in [1.807, 2.05) is 0 Å². The van der Waals surface area contributed by atoms with Crippen molar-refractivity contribution in [1.82, 2.24) is 5.32 Å². The largest absolute Gasteiger partial charge is 0.396 e. The number of nitrogens with zero attached hydrogens (tertiary/aromatic N) is 1. The Labute approximate surface area is 79.8 Å². The monoisotopic (exact) mass is 182 g/mol. The molecule has 0 aromatic heterocycles. The zero-order valence-corrected chi connectivity index (χ0v) is 8.21. The van der Waals surface area contributed by atoms with Crippen molar-refractivity contribution in [2.45, 2.75) is 38.6 Å². The first-order valence-electron chi connectivity index (χ1n) is 4.94. The van der Waals surface area contributed by atoms with Crippen LogP contribution in [0.15, 0.2) is 0 Å². The van der Waals surface area contributed by atoms with Crippen LogP contribution in [0.3, 0.4) is 0 Å². The van der Waals surface area contributed by atoms with Crippen LogP contribution >= 0.6 is 0 Å². The molecule has 0 aliphatic heterocycles. The predicted octanol–water partition coefficient (Wildman–Crippen LogP) is 1.04. The Kier molecular flexibility index (Phi) is 3.71. The third-order valence-corrected chi connectivity index (χ3v) is 2.80. The van der Waals surface area contributed by atoms with Gasteiger partial charge >= 0.3 is 0 Å². The number of nitrogens with one attached hydrogen (secondary N) is 1. The van der Waals surface area contributed by atoms with Gasteiger partial charge in [0.25, 0.3) is 0 Å². The molecule has 1 aliphatic rings. The first-order valence-corrected chi connectivity index (χ1v) is 4.94. The second-order valence-corrected chi connectivity index (χ2v) is 4.13. The lowest BCUT2D eigenvalue weighted by molar-refractivity contribution is 0.264. The average Bonchev–Trinajstić information content (AvgIpc) is 2.84.